The van der Waals surface area contributed by atoms with Gasteiger partial charge in [0.15, 0.2) is 0 Å². The smallest absolute Gasteiger partial charge is 0.261 e. The average Bonchev–Trinajstić information content (AvgIpc) is 3.55. The SMILES string of the molecule is Cc1ccc(NS(=O)(=O)c2cccc(C(=O)N3CCCN(C(=O)c4ccsc4)CC3)c2)c2[nH]cc(C#N)c12. The number of amides is 2. The summed E-state index contributed by atoms with van der Waals surface area (Å²) >= 11 is 1.47. The van der Waals surface area contributed by atoms with Crippen LogP contribution < -0.4 is 4.72 Å². The Balaban J connectivity index is 1.34. The lowest BCUT2D eigenvalue weighted by atomic mass is 10.1. The van der Waals surface area contributed by atoms with Crippen molar-refractivity contribution < 1.29 is 18.0 Å². The number of nitriles is 1. The summed E-state index contributed by atoms with van der Waals surface area (Å²) in [6, 6.07) is 13.2. The summed E-state index contributed by atoms with van der Waals surface area (Å²) in [4.78, 5) is 32.4. The Morgan fingerprint density at radius 2 is 1.76 bits per heavy atom. The zero-order chi connectivity index (χ0) is 26.9. The summed E-state index contributed by atoms with van der Waals surface area (Å²) < 4.78 is 29.2. The first-order chi connectivity index (χ1) is 18.3. The Morgan fingerprint density at radius 1 is 1.03 bits per heavy atom. The van der Waals surface area contributed by atoms with Crippen molar-refractivity contribution in [2.75, 3.05) is 30.9 Å². The van der Waals surface area contributed by atoms with Gasteiger partial charge in [-0.25, -0.2) is 8.42 Å². The Morgan fingerprint density at radius 3 is 2.45 bits per heavy atom. The largest absolute Gasteiger partial charge is 0.358 e. The molecule has 3 heterocycles. The van der Waals surface area contributed by atoms with E-state index in [4.69, 9.17) is 0 Å². The van der Waals surface area contributed by atoms with E-state index in [1.54, 1.807) is 46.3 Å². The second kappa shape index (κ2) is 10.3. The molecule has 11 heteroatoms. The molecule has 2 amide bonds. The molecule has 0 spiro atoms. The molecule has 1 aliphatic heterocycles. The van der Waals surface area contributed by atoms with Gasteiger partial charge in [-0.3, -0.25) is 14.3 Å². The van der Waals surface area contributed by atoms with E-state index in [9.17, 15) is 23.3 Å². The monoisotopic (exact) mass is 547 g/mol. The van der Waals surface area contributed by atoms with Crippen molar-refractivity contribution in [1.82, 2.24) is 14.8 Å². The summed E-state index contributed by atoms with van der Waals surface area (Å²) in [6.07, 6.45) is 2.18. The van der Waals surface area contributed by atoms with Crippen molar-refractivity contribution in [3.8, 4) is 6.07 Å². The summed E-state index contributed by atoms with van der Waals surface area (Å²) in [5.41, 5.74) is 3.01. The zero-order valence-corrected chi connectivity index (χ0v) is 22.2. The molecule has 9 nitrogen and oxygen atoms in total. The molecule has 2 N–H and O–H groups in total. The average molecular weight is 548 g/mol. The van der Waals surface area contributed by atoms with Crippen LogP contribution in [0.2, 0.25) is 0 Å². The number of nitrogens with zero attached hydrogens (tertiary/aromatic N) is 3. The van der Waals surface area contributed by atoms with Gasteiger partial charge < -0.3 is 14.8 Å². The molecule has 194 valence electrons. The van der Waals surface area contributed by atoms with Gasteiger partial charge in [-0.15, -0.1) is 0 Å². The van der Waals surface area contributed by atoms with E-state index < -0.39 is 10.0 Å². The highest BCUT2D eigenvalue weighted by Gasteiger charge is 2.25. The Hall–Kier alpha value is -4.14. The number of hydrogen-bond donors (Lipinski definition) is 2. The lowest BCUT2D eigenvalue weighted by Crippen LogP contribution is -2.37. The number of fused-ring (bicyclic) bond motifs is 1. The summed E-state index contributed by atoms with van der Waals surface area (Å²) in [5.74, 6) is -0.332. The minimum Gasteiger partial charge on any atom is -0.358 e. The molecule has 2 aromatic heterocycles. The first kappa shape index (κ1) is 25.5. The molecule has 0 atom stereocenters. The van der Waals surface area contributed by atoms with Crippen LogP contribution in [-0.4, -0.2) is 61.2 Å². The zero-order valence-electron chi connectivity index (χ0n) is 20.6. The maximum atomic E-state index is 13.3. The van der Waals surface area contributed by atoms with Gasteiger partial charge in [-0.05, 0) is 54.6 Å². The molecular formula is C27H25N5O4S2. The molecule has 4 aromatic rings. The van der Waals surface area contributed by atoms with E-state index in [0.717, 1.165) is 5.56 Å². The summed E-state index contributed by atoms with van der Waals surface area (Å²) in [7, 11) is -4.03. The minimum absolute atomic E-state index is 0.0473. The predicted molar refractivity (Wildman–Crippen MR) is 146 cm³/mol. The number of anilines is 1. The molecule has 1 aliphatic rings. The van der Waals surface area contributed by atoms with E-state index in [2.05, 4.69) is 15.8 Å². The van der Waals surface area contributed by atoms with Gasteiger partial charge in [0.1, 0.15) is 6.07 Å². The lowest BCUT2D eigenvalue weighted by molar-refractivity contribution is 0.0719. The van der Waals surface area contributed by atoms with Crippen molar-refractivity contribution in [2.45, 2.75) is 18.2 Å². The van der Waals surface area contributed by atoms with E-state index in [0.29, 0.717) is 60.3 Å². The van der Waals surface area contributed by atoms with E-state index in [1.165, 1.54) is 23.5 Å². The van der Waals surface area contributed by atoms with Crippen LogP contribution in [-0.2, 0) is 10.0 Å². The molecule has 0 radical (unpaired) electrons. The van der Waals surface area contributed by atoms with Crippen LogP contribution in [0, 0.1) is 18.3 Å². The number of carbonyl (C=O) groups is 2. The number of thiophene rings is 1. The molecule has 5 rings (SSSR count). The van der Waals surface area contributed by atoms with Crippen molar-refractivity contribution in [3.63, 3.8) is 0 Å². The summed E-state index contributed by atoms with van der Waals surface area (Å²) in [6.45, 7) is 3.64. The number of hydrogen-bond acceptors (Lipinski definition) is 6. The van der Waals surface area contributed by atoms with Gasteiger partial charge in [-0.1, -0.05) is 12.1 Å². The number of aryl methyl sites for hydroxylation is 1. The number of rotatable bonds is 5. The fourth-order valence-corrected chi connectivity index (χ4v) is 6.42. The molecule has 0 saturated carbocycles. The highest BCUT2D eigenvalue weighted by molar-refractivity contribution is 7.92. The number of aromatic amines is 1. The third-order valence-corrected chi connectivity index (χ3v) is 8.68. The van der Waals surface area contributed by atoms with Crippen molar-refractivity contribution in [3.05, 3.63) is 81.7 Å². The van der Waals surface area contributed by atoms with Gasteiger partial charge in [0, 0.05) is 48.7 Å². The molecule has 2 aromatic carbocycles. The maximum absolute atomic E-state index is 13.3. The Bertz CT molecular complexity index is 1670. The normalized spacial score (nSPS) is 14.2. The maximum Gasteiger partial charge on any atom is 0.261 e. The van der Waals surface area contributed by atoms with Crippen LogP contribution >= 0.6 is 11.3 Å². The van der Waals surface area contributed by atoms with Crippen molar-refractivity contribution >= 4 is 49.8 Å². The number of sulfonamides is 1. The van der Waals surface area contributed by atoms with Crippen molar-refractivity contribution in [2.24, 2.45) is 0 Å². The first-order valence-electron chi connectivity index (χ1n) is 12.0. The quantitative estimate of drug-likeness (QED) is 0.387. The van der Waals surface area contributed by atoms with Crippen LogP contribution in [0.25, 0.3) is 10.9 Å². The van der Waals surface area contributed by atoms with E-state index in [-0.39, 0.29) is 22.3 Å². The second-order valence-electron chi connectivity index (χ2n) is 9.08. The number of nitrogens with one attached hydrogen (secondary N) is 2. The standard InChI is InChI=1S/C27H25N5O4S2/c1-18-6-7-23(25-24(18)21(15-28)16-29-25)30-38(35,36)22-5-2-4-19(14-22)26(33)31-9-3-10-32(12-11-31)27(34)20-8-13-37-17-20/h2,4-8,13-14,16-17,29-30H,3,9-12H2,1H3. The number of benzene rings is 2. The van der Waals surface area contributed by atoms with Gasteiger partial charge in [0.2, 0.25) is 0 Å². The first-order valence-corrected chi connectivity index (χ1v) is 14.5. The third-order valence-electron chi connectivity index (χ3n) is 6.64. The highest BCUT2D eigenvalue weighted by Crippen LogP contribution is 2.30. The number of H-pyrrole nitrogens is 1. The van der Waals surface area contributed by atoms with E-state index in [1.807, 2.05) is 17.7 Å². The molecule has 38 heavy (non-hydrogen) atoms. The van der Waals surface area contributed by atoms with Crippen LogP contribution in [0.4, 0.5) is 5.69 Å². The molecular weight excluding hydrogens is 522 g/mol. The highest BCUT2D eigenvalue weighted by atomic mass is 32.2. The fraction of sp³-hybridized carbons (Fsp3) is 0.222. The second-order valence-corrected chi connectivity index (χ2v) is 11.5. The van der Waals surface area contributed by atoms with Crippen molar-refractivity contribution in [1.29, 1.82) is 5.26 Å². The molecule has 1 fully saturated rings. The fourth-order valence-electron chi connectivity index (χ4n) is 4.67. The lowest BCUT2D eigenvalue weighted by Gasteiger charge is -2.22. The number of aromatic nitrogens is 1. The molecule has 0 unspecified atom stereocenters. The molecule has 0 bridgehead atoms. The summed E-state index contributed by atoms with van der Waals surface area (Å²) in [5, 5.41) is 13.7. The third kappa shape index (κ3) is 4.88. The van der Waals surface area contributed by atoms with Crippen LogP contribution in [0.15, 0.2) is 64.3 Å². The minimum atomic E-state index is -4.03. The molecule has 1 saturated heterocycles. The van der Waals surface area contributed by atoms with Gasteiger partial charge in [0.25, 0.3) is 21.8 Å². The Kier molecular flexibility index (Phi) is 6.93. The van der Waals surface area contributed by atoms with Gasteiger partial charge in [0.05, 0.1) is 27.2 Å². The molecule has 0 aliphatic carbocycles. The Labute approximate surface area is 224 Å². The van der Waals surface area contributed by atoms with Crippen LogP contribution in [0.1, 0.15) is 38.3 Å². The van der Waals surface area contributed by atoms with Crippen LogP contribution in [0.3, 0.4) is 0 Å². The van der Waals surface area contributed by atoms with Crippen LogP contribution in [0.5, 0.6) is 0 Å². The van der Waals surface area contributed by atoms with Gasteiger partial charge in [-0.2, -0.15) is 16.6 Å². The predicted octanol–water partition coefficient (Wildman–Crippen LogP) is 4.20. The van der Waals surface area contributed by atoms with Gasteiger partial charge >= 0.3 is 0 Å². The topological polar surface area (TPSA) is 126 Å². The number of carbonyl (C=O) groups excluding carboxylic acids is 2. The van der Waals surface area contributed by atoms with E-state index >= 15 is 0 Å².